The molecule has 0 amide bonds. The van der Waals surface area contributed by atoms with Crippen LogP contribution in [0.15, 0.2) is 18.2 Å². The lowest BCUT2D eigenvalue weighted by Gasteiger charge is -2.30. The molecule has 3 nitrogen and oxygen atoms in total. The topological polar surface area (TPSA) is 38.5 Å². The van der Waals surface area contributed by atoms with Crippen LogP contribution in [0.1, 0.15) is 30.0 Å². The smallest absolute Gasteiger partial charge is 0.122 e. The minimum Gasteiger partial charge on any atom is -0.493 e. The second-order valence-corrected chi connectivity index (χ2v) is 5.56. The van der Waals surface area contributed by atoms with E-state index in [9.17, 15) is 0 Å². The van der Waals surface area contributed by atoms with Crippen LogP contribution in [0.3, 0.4) is 0 Å². The Morgan fingerprint density at radius 1 is 1.35 bits per heavy atom. The predicted octanol–water partition coefficient (Wildman–Crippen LogP) is 1.72. The van der Waals surface area contributed by atoms with E-state index in [1.165, 1.54) is 11.1 Å². The molecule has 1 unspecified atom stereocenters. The molecule has 2 aliphatic rings. The van der Waals surface area contributed by atoms with E-state index in [-0.39, 0.29) is 5.54 Å². The van der Waals surface area contributed by atoms with Crippen molar-refractivity contribution in [2.45, 2.75) is 30.8 Å². The first-order valence-corrected chi connectivity index (χ1v) is 6.31. The number of likely N-dealkylation sites (N-methyl/N-ethyl adjacent to an activating group) is 1. The summed E-state index contributed by atoms with van der Waals surface area (Å²) in [5.74, 6) is 1.05. The van der Waals surface area contributed by atoms with Crippen LogP contribution in [0.2, 0.25) is 0 Å². The first kappa shape index (κ1) is 11.1. The number of ether oxygens (including phenoxy) is 1. The molecule has 0 bridgehead atoms. The highest BCUT2D eigenvalue weighted by molar-refractivity contribution is 5.42. The molecule has 2 N–H and O–H groups in total. The van der Waals surface area contributed by atoms with E-state index >= 15 is 0 Å². The van der Waals surface area contributed by atoms with E-state index in [1.54, 1.807) is 0 Å². The van der Waals surface area contributed by atoms with E-state index in [0.29, 0.717) is 6.04 Å². The van der Waals surface area contributed by atoms with Crippen molar-refractivity contribution in [2.75, 3.05) is 20.7 Å². The molecule has 0 spiro atoms. The van der Waals surface area contributed by atoms with E-state index in [4.69, 9.17) is 10.5 Å². The Labute approximate surface area is 103 Å². The summed E-state index contributed by atoms with van der Waals surface area (Å²) in [7, 11) is 4.22. The van der Waals surface area contributed by atoms with Crippen molar-refractivity contribution in [3.8, 4) is 5.75 Å². The first-order chi connectivity index (χ1) is 8.10. The van der Waals surface area contributed by atoms with Crippen LogP contribution in [0.25, 0.3) is 0 Å². The van der Waals surface area contributed by atoms with Gasteiger partial charge in [-0.05, 0) is 44.1 Å². The lowest BCUT2D eigenvalue weighted by Crippen LogP contribution is -2.39. The summed E-state index contributed by atoms with van der Waals surface area (Å²) < 4.78 is 5.55. The molecule has 1 aromatic rings. The number of nitrogens with two attached hydrogens (primary N) is 1. The maximum Gasteiger partial charge on any atom is 0.122 e. The Morgan fingerprint density at radius 2 is 2.12 bits per heavy atom. The number of hydrogen-bond acceptors (Lipinski definition) is 3. The Morgan fingerprint density at radius 3 is 2.76 bits per heavy atom. The first-order valence-electron chi connectivity index (χ1n) is 6.31. The van der Waals surface area contributed by atoms with Crippen LogP contribution in [0.5, 0.6) is 5.75 Å². The Hall–Kier alpha value is -1.06. The van der Waals surface area contributed by atoms with E-state index in [2.05, 4.69) is 37.2 Å². The lowest BCUT2D eigenvalue weighted by atomic mass is 9.94. The molecule has 1 saturated carbocycles. The fourth-order valence-electron chi connectivity index (χ4n) is 2.94. The molecule has 1 aliphatic carbocycles. The fourth-order valence-corrected chi connectivity index (χ4v) is 2.94. The number of fused-ring (bicyclic) bond motifs is 1. The second-order valence-electron chi connectivity index (χ2n) is 5.56. The van der Waals surface area contributed by atoms with Gasteiger partial charge in [0.2, 0.25) is 0 Å². The average molecular weight is 232 g/mol. The molecular weight excluding hydrogens is 212 g/mol. The van der Waals surface area contributed by atoms with Gasteiger partial charge in [0.25, 0.3) is 0 Å². The monoisotopic (exact) mass is 232 g/mol. The molecule has 92 valence electrons. The van der Waals surface area contributed by atoms with Gasteiger partial charge < -0.3 is 15.4 Å². The average Bonchev–Trinajstić information content (AvgIpc) is 2.84. The molecule has 3 rings (SSSR count). The quantitative estimate of drug-likeness (QED) is 0.862. The maximum absolute atomic E-state index is 6.40. The van der Waals surface area contributed by atoms with Crippen molar-refractivity contribution in [3.05, 3.63) is 29.3 Å². The van der Waals surface area contributed by atoms with Gasteiger partial charge in [0.15, 0.2) is 0 Å². The van der Waals surface area contributed by atoms with Gasteiger partial charge in [0.05, 0.1) is 12.6 Å². The Kier molecular flexibility index (Phi) is 2.42. The van der Waals surface area contributed by atoms with Gasteiger partial charge >= 0.3 is 0 Å². The molecule has 1 atom stereocenters. The highest BCUT2D eigenvalue weighted by Gasteiger charge is 2.47. The van der Waals surface area contributed by atoms with Gasteiger partial charge in [-0.2, -0.15) is 0 Å². The SMILES string of the molecule is CN(C)C(c1ccc2c(c1)CCO2)C1(N)CC1. The third-order valence-electron chi connectivity index (χ3n) is 3.92. The molecule has 3 heteroatoms. The zero-order valence-electron chi connectivity index (χ0n) is 10.6. The summed E-state index contributed by atoms with van der Waals surface area (Å²) in [5.41, 5.74) is 9.04. The van der Waals surface area contributed by atoms with Crippen LogP contribution in [-0.2, 0) is 6.42 Å². The van der Waals surface area contributed by atoms with Gasteiger partial charge in [-0.1, -0.05) is 12.1 Å². The van der Waals surface area contributed by atoms with Crippen LogP contribution in [0.4, 0.5) is 0 Å². The molecule has 17 heavy (non-hydrogen) atoms. The number of nitrogens with zero attached hydrogens (tertiary/aromatic N) is 1. The van der Waals surface area contributed by atoms with Crippen LogP contribution in [0, 0.1) is 0 Å². The zero-order chi connectivity index (χ0) is 12.0. The van der Waals surface area contributed by atoms with Crippen LogP contribution < -0.4 is 10.5 Å². The van der Waals surface area contributed by atoms with Crippen LogP contribution in [-0.4, -0.2) is 31.1 Å². The fraction of sp³-hybridized carbons (Fsp3) is 0.571. The van der Waals surface area contributed by atoms with Crippen molar-refractivity contribution in [2.24, 2.45) is 5.73 Å². The highest BCUT2D eigenvalue weighted by Crippen LogP contribution is 2.46. The summed E-state index contributed by atoms with van der Waals surface area (Å²) >= 11 is 0. The molecule has 1 fully saturated rings. The summed E-state index contributed by atoms with van der Waals surface area (Å²) in [5, 5.41) is 0. The standard InChI is InChI=1S/C14H20N2O/c1-16(2)13(14(15)6-7-14)11-3-4-12-10(9-11)5-8-17-12/h3-4,9,13H,5-8,15H2,1-2H3. The molecule has 1 aliphatic heterocycles. The van der Waals surface area contributed by atoms with Crippen molar-refractivity contribution in [1.82, 2.24) is 4.90 Å². The minimum atomic E-state index is -0.0167. The molecule has 0 aromatic heterocycles. The summed E-state index contributed by atoms with van der Waals surface area (Å²) in [6, 6.07) is 6.87. The second kappa shape index (κ2) is 3.72. The minimum absolute atomic E-state index is 0.0167. The van der Waals surface area contributed by atoms with Crippen molar-refractivity contribution in [3.63, 3.8) is 0 Å². The largest absolute Gasteiger partial charge is 0.493 e. The molecular formula is C14H20N2O. The summed E-state index contributed by atoms with van der Waals surface area (Å²) in [6.07, 6.45) is 3.29. The van der Waals surface area contributed by atoms with Gasteiger partial charge in [-0.25, -0.2) is 0 Å². The van der Waals surface area contributed by atoms with Crippen molar-refractivity contribution < 1.29 is 4.74 Å². The van der Waals surface area contributed by atoms with Gasteiger partial charge in [0.1, 0.15) is 5.75 Å². The molecule has 1 aromatic carbocycles. The highest BCUT2D eigenvalue weighted by atomic mass is 16.5. The third-order valence-corrected chi connectivity index (χ3v) is 3.92. The van der Waals surface area contributed by atoms with Gasteiger partial charge in [0, 0.05) is 12.0 Å². The molecule has 0 radical (unpaired) electrons. The number of benzene rings is 1. The van der Waals surface area contributed by atoms with Crippen LogP contribution >= 0.6 is 0 Å². The number of rotatable bonds is 3. The summed E-state index contributed by atoms with van der Waals surface area (Å²) in [6.45, 7) is 0.819. The Balaban J connectivity index is 1.96. The van der Waals surface area contributed by atoms with Gasteiger partial charge in [-0.3, -0.25) is 0 Å². The lowest BCUT2D eigenvalue weighted by molar-refractivity contribution is 0.245. The number of hydrogen-bond donors (Lipinski definition) is 1. The van der Waals surface area contributed by atoms with E-state index < -0.39 is 0 Å². The van der Waals surface area contributed by atoms with E-state index in [1.807, 2.05) is 0 Å². The van der Waals surface area contributed by atoms with Crippen molar-refractivity contribution >= 4 is 0 Å². The third kappa shape index (κ3) is 1.83. The summed E-state index contributed by atoms with van der Waals surface area (Å²) in [4.78, 5) is 2.24. The van der Waals surface area contributed by atoms with Crippen molar-refractivity contribution in [1.29, 1.82) is 0 Å². The van der Waals surface area contributed by atoms with E-state index in [0.717, 1.165) is 31.6 Å². The maximum atomic E-state index is 6.40. The zero-order valence-corrected chi connectivity index (χ0v) is 10.6. The molecule has 1 heterocycles. The normalized spacial score (nSPS) is 22.1. The predicted molar refractivity (Wildman–Crippen MR) is 68.2 cm³/mol. The molecule has 0 saturated heterocycles. The Bertz CT molecular complexity index is 438. The van der Waals surface area contributed by atoms with Gasteiger partial charge in [-0.15, -0.1) is 0 Å².